The maximum atomic E-state index is 12.0. The number of carbonyl (C=O) groups is 1. The Kier molecular flexibility index (Phi) is 4.10. The fourth-order valence-electron chi connectivity index (χ4n) is 1.41. The molecule has 0 radical (unpaired) electrons. The van der Waals surface area contributed by atoms with E-state index in [-0.39, 0.29) is 12.2 Å². The van der Waals surface area contributed by atoms with E-state index >= 15 is 0 Å². The average molecular weight is 306 g/mol. The number of carbonyl (C=O) groups excluding carboxylic acids is 1. The van der Waals surface area contributed by atoms with Gasteiger partial charge in [0.15, 0.2) is 5.78 Å². The highest BCUT2D eigenvalue weighted by Gasteiger charge is 2.14. The van der Waals surface area contributed by atoms with Gasteiger partial charge in [-0.25, -0.2) is 0 Å². The summed E-state index contributed by atoms with van der Waals surface area (Å²) in [5, 5.41) is 1.02. The van der Waals surface area contributed by atoms with Crippen molar-refractivity contribution in [2.45, 2.75) is 6.42 Å². The molecule has 0 spiro atoms. The van der Waals surface area contributed by atoms with Gasteiger partial charge in [0.25, 0.3) is 0 Å². The first-order valence-electron chi connectivity index (χ1n) is 4.79. The second kappa shape index (κ2) is 5.40. The van der Waals surface area contributed by atoms with Crippen LogP contribution in [0.25, 0.3) is 0 Å². The lowest BCUT2D eigenvalue weighted by Gasteiger charge is -2.04. The van der Waals surface area contributed by atoms with Gasteiger partial charge in [-0.05, 0) is 29.8 Å². The smallest absolute Gasteiger partial charge is 0.177 e. The molecule has 1 heterocycles. The van der Waals surface area contributed by atoms with Crippen LogP contribution in [0.3, 0.4) is 0 Å². The molecule has 1 aromatic heterocycles. The SMILES string of the molecule is O=C(Cc1c(Cl)cccc1Cl)c1ccc(Cl)s1. The van der Waals surface area contributed by atoms with E-state index in [1.165, 1.54) is 11.3 Å². The number of benzene rings is 1. The third kappa shape index (κ3) is 3.02. The number of rotatable bonds is 3. The highest BCUT2D eigenvalue weighted by atomic mass is 35.5. The van der Waals surface area contributed by atoms with Gasteiger partial charge in [0.2, 0.25) is 0 Å². The number of ketones is 1. The molecule has 0 aliphatic carbocycles. The molecule has 0 saturated carbocycles. The monoisotopic (exact) mass is 304 g/mol. The van der Waals surface area contributed by atoms with E-state index in [0.717, 1.165) is 0 Å². The second-order valence-corrected chi connectivity index (χ2v) is 5.93. The predicted octanol–water partition coefficient (Wildman–Crippen LogP) is 5.13. The molecule has 0 bridgehead atoms. The molecule has 0 unspecified atom stereocenters. The van der Waals surface area contributed by atoms with Crippen molar-refractivity contribution in [3.63, 3.8) is 0 Å². The van der Waals surface area contributed by atoms with Gasteiger partial charge in [0, 0.05) is 16.5 Å². The summed E-state index contributed by atoms with van der Waals surface area (Å²) in [6.45, 7) is 0. The summed E-state index contributed by atoms with van der Waals surface area (Å²) in [7, 11) is 0. The van der Waals surface area contributed by atoms with Gasteiger partial charge < -0.3 is 0 Å². The summed E-state index contributed by atoms with van der Waals surface area (Å²) in [6, 6.07) is 8.60. The van der Waals surface area contributed by atoms with Crippen molar-refractivity contribution in [1.29, 1.82) is 0 Å². The Morgan fingerprint density at radius 2 is 1.71 bits per heavy atom. The molecular weight excluding hydrogens is 299 g/mol. The molecule has 0 amide bonds. The van der Waals surface area contributed by atoms with Gasteiger partial charge in [-0.2, -0.15) is 0 Å². The number of thiophene rings is 1. The molecule has 0 aliphatic rings. The van der Waals surface area contributed by atoms with Gasteiger partial charge >= 0.3 is 0 Å². The molecular formula is C12H7Cl3OS. The predicted molar refractivity (Wildman–Crippen MR) is 73.8 cm³/mol. The van der Waals surface area contributed by atoms with Crippen LogP contribution in [0.5, 0.6) is 0 Å². The highest BCUT2D eigenvalue weighted by molar-refractivity contribution is 7.18. The zero-order valence-electron chi connectivity index (χ0n) is 8.54. The largest absolute Gasteiger partial charge is 0.293 e. The Balaban J connectivity index is 2.24. The van der Waals surface area contributed by atoms with Crippen LogP contribution in [0, 0.1) is 0 Å². The van der Waals surface area contributed by atoms with Crippen LogP contribution in [0.4, 0.5) is 0 Å². The van der Waals surface area contributed by atoms with Crippen molar-refractivity contribution in [2.24, 2.45) is 0 Å². The standard InChI is InChI=1S/C12H7Cl3OS/c13-8-2-1-3-9(14)7(8)6-10(16)11-4-5-12(15)17-11/h1-5H,6H2. The molecule has 0 fully saturated rings. The third-order valence-corrected chi connectivity index (χ3v) is 4.23. The Morgan fingerprint density at radius 1 is 1.06 bits per heavy atom. The summed E-state index contributed by atoms with van der Waals surface area (Å²) in [4.78, 5) is 12.6. The molecule has 5 heteroatoms. The first kappa shape index (κ1) is 12.9. The maximum absolute atomic E-state index is 12.0. The first-order chi connectivity index (χ1) is 8.08. The molecule has 0 saturated heterocycles. The lowest BCUT2D eigenvalue weighted by molar-refractivity contribution is 0.0997. The molecule has 88 valence electrons. The van der Waals surface area contributed by atoms with Crippen LogP contribution in [-0.4, -0.2) is 5.78 Å². The van der Waals surface area contributed by atoms with Crippen LogP contribution in [-0.2, 0) is 6.42 Å². The summed E-state index contributed by atoms with van der Waals surface area (Å²) >= 11 is 19.1. The van der Waals surface area contributed by atoms with E-state index in [1.54, 1.807) is 30.3 Å². The minimum atomic E-state index is -0.0306. The van der Waals surface area contributed by atoms with E-state index in [2.05, 4.69) is 0 Å². The molecule has 1 aromatic carbocycles. The van der Waals surface area contributed by atoms with Crippen LogP contribution < -0.4 is 0 Å². The number of Topliss-reactive ketones (excluding diaryl/α,β-unsaturated/α-hetero) is 1. The average Bonchev–Trinajstić information content (AvgIpc) is 2.70. The van der Waals surface area contributed by atoms with E-state index < -0.39 is 0 Å². The van der Waals surface area contributed by atoms with E-state index in [9.17, 15) is 4.79 Å². The second-order valence-electron chi connectivity index (χ2n) is 3.40. The summed E-state index contributed by atoms with van der Waals surface area (Å²) in [6.07, 6.45) is 0.190. The van der Waals surface area contributed by atoms with Gasteiger partial charge in [0.05, 0.1) is 9.21 Å². The Bertz CT molecular complexity index is 542. The fourth-order valence-corrected chi connectivity index (χ4v) is 2.92. The highest BCUT2D eigenvalue weighted by Crippen LogP contribution is 2.28. The van der Waals surface area contributed by atoms with Crippen molar-refractivity contribution >= 4 is 51.9 Å². The third-order valence-electron chi connectivity index (χ3n) is 2.25. The quantitative estimate of drug-likeness (QED) is 0.718. The summed E-state index contributed by atoms with van der Waals surface area (Å²) in [5.74, 6) is -0.0306. The number of hydrogen-bond donors (Lipinski definition) is 0. The molecule has 2 aromatic rings. The van der Waals surface area contributed by atoms with Crippen molar-refractivity contribution in [3.05, 3.63) is 55.2 Å². The molecule has 17 heavy (non-hydrogen) atoms. The summed E-state index contributed by atoms with van der Waals surface area (Å²) in [5.41, 5.74) is 0.658. The Morgan fingerprint density at radius 3 is 2.24 bits per heavy atom. The van der Waals surface area contributed by atoms with Crippen molar-refractivity contribution < 1.29 is 4.79 Å². The molecule has 0 N–H and O–H groups in total. The van der Waals surface area contributed by atoms with Crippen LogP contribution in [0.1, 0.15) is 15.2 Å². The topological polar surface area (TPSA) is 17.1 Å². The van der Waals surface area contributed by atoms with Gasteiger partial charge in [-0.1, -0.05) is 40.9 Å². The Hall–Kier alpha value is -0.540. The minimum Gasteiger partial charge on any atom is -0.293 e. The minimum absolute atomic E-state index is 0.0306. The van der Waals surface area contributed by atoms with Crippen molar-refractivity contribution in [1.82, 2.24) is 0 Å². The number of halogens is 3. The van der Waals surface area contributed by atoms with Gasteiger partial charge in [-0.3, -0.25) is 4.79 Å². The Labute approximate surface area is 118 Å². The van der Waals surface area contributed by atoms with Crippen molar-refractivity contribution in [2.75, 3.05) is 0 Å². The van der Waals surface area contributed by atoms with Crippen molar-refractivity contribution in [3.8, 4) is 0 Å². The lowest BCUT2D eigenvalue weighted by atomic mass is 10.1. The molecule has 1 nitrogen and oxygen atoms in total. The van der Waals surface area contributed by atoms with E-state index in [4.69, 9.17) is 34.8 Å². The first-order valence-corrected chi connectivity index (χ1v) is 6.74. The normalized spacial score (nSPS) is 10.5. The number of hydrogen-bond acceptors (Lipinski definition) is 2. The van der Waals surface area contributed by atoms with Crippen LogP contribution in [0.2, 0.25) is 14.4 Å². The van der Waals surface area contributed by atoms with Gasteiger partial charge in [-0.15, -0.1) is 11.3 Å². The lowest BCUT2D eigenvalue weighted by Crippen LogP contribution is -2.02. The maximum Gasteiger partial charge on any atom is 0.177 e. The fraction of sp³-hybridized carbons (Fsp3) is 0.0833. The van der Waals surface area contributed by atoms with Crippen LogP contribution in [0.15, 0.2) is 30.3 Å². The van der Waals surface area contributed by atoms with E-state index in [0.29, 0.717) is 24.8 Å². The molecule has 0 atom stereocenters. The molecule has 2 rings (SSSR count). The molecule has 0 aliphatic heterocycles. The zero-order valence-corrected chi connectivity index (χ0v) is 11.6. The van der Waals surface area contributed by atoms with Gasteiger partial charge in [0.1, 0.15) is 0 Å². The van der Waals surface area contributed by atoms with E-state index in [1.807, 2.05) is 0 Å². The van der Waals surface area contributed by atoms with Crippen LogP contribution >= 0.6 is 46.1 Å². The summed E-state index contributed by atoms with van der Waals surface area (Å²) < 4.78 is 0.596. The zero-order chi connectivity index (χ0) is 12.4.